The third-order valence-electron chi connectivity index (χ3n) is 4.25. The van der Waals surface area contributed by atoms with E-state index in [1.165, 1.54) is 0 Å². The van der Waals surface area contributed by atoms with E-state index in [0.717, 1.165) is 17.1 Å². The minimum atomic E-state index is -0.435. The number of benzene rings is 1. The third kappa shape index (κ3) is 3.60. The number of hydrogen-bond donors (Lipinski definition) is 2. The number of amides is 2. The summed E-state index contributed by atoms with van der Waals surface area (Å²) in [6, 6.07) is 8.49. The van der Waals surface area contributed by atoms with Gasteiger partial charge in [0.2, 0.25) is 5.91 Å². The van der Waals surface area contributed by atoms with Gasteiger partial charge in [-0.1, -0.05) is 12.1 Å². The number of likely N-dealkylation sites (N-methyl/N-ethyl adjacent to an activating group) is 1. The second-order valence-corrected chi connectivity index (χ2v) is 6.12. The highest BCUT2D eigenvalue weighted by molar-refractivity contribution is 5.98. The lowest BCUT2D eigenvalue weighted by atomic mass is 10.1. The topological polar surface area (TPSA) is 87.2 Å². The van der Waals surface area contributed by atoms with Gasteiger partial charge in [0.1, 0.15) is 11.9 Å². The van der Waals surface area contributed by atoms with E-state index < -0.39 is 6.04 Å². The Hall–Kier alpha value is -2.96. The number of carbonyl (C=O) groups excluding carboxylic acids is 2. The van der Waals surface area contributed by atoms with Crippen LogP contribution < -0.4 is 10.6 Å². The fourth-order valence-electron chi connectivity index (χ4n) is 2.79. The Bertz CT molecular complexity index is 804. The van der Waals surface area contributed by atoms with Gasteiger partial charge in [-0.3, -0.25) is 9.59 Å². The van der Waals surface area contributed by atoms with Gasteiger partial charge in [-0.15, -0.1) is 0 Å². The zero-order chi connectivity index (χ0) is 18.0. The molecule has 1 aromatic heterocycles. The Morgan fingerprint density at radius 1 is 1.24 bits per heavy atom. The quantitative estimate of drug-likeness (QED) is 0.880. The summed E-state index contributed by atoms with van der Waals surface area (Å²) < 4.78 is 0. The molecule has 1 aromatic carbocycles. The molecule has 25 heavy (non-hydrogen) atoms. The first-order valence-corrected chi connectivity index (χ1v) is 8.17. The van der Waals surface area contributed by atoms with E-state index in [4.69, 9.17) is 0 Å². The summed E-state index contributed by atoms with van der Waals surface area (Å²) in [5.41, 5.74) is 2.20. The molecule has 0 spiro atoms. The maximum absolute atomic E-state index is 12.3. The van der Waals surface area contributed by atoms with Gasteiger partial charge in [0, 0.05) is 43.5 Å². The minimum absolute atomic E-state index is 0.0438. The number of carbonyl (C=O) groups is 2. The van der Waals surface area contributed by atoms with Crippen LogP contribution in [0.5, 0.6) is 0 Å². The van der Waals surface area contributed by atoms with Crippen LogP contribution in [0.4, 0.5) is 5.82 Å². The van der Waals surface area contributed by atoms with Crippen LogP contribution in [-0.4, -0.2) is 53.4 Å². The van der Waals surface area contributed by atoms with Gasteiger partial charge in [0.05, 0.1) is 0 Å². The first kappa shape index (κ1) is 16.9. The molecule has 0 bridgehead atoms. The van der Waals surface area contributed by atoms with E-state index >= 15 is 0 Å². The lowest BCUT2D eigenvalue weighted by Gasteiger charge is -2.12. The predicted molar refractivity (Wildman–Crippen MR) is 95.3 cm³/mol. The van der Waals surface area contributed by atoms with Crippen molar-refractivity contribution in [1.29, 1.82) is 0 Å². The second-order valence-electron chi connectivity index (χ2n) is 6.12. The highest BCUT2D eigenvalue weighted by Gasteiger charge is 2.30. The van der Waals surface area contributed by atoms with Crippen LogP contribution in [0.25, 0.3) is 11.4 Å². The van der Waals surface area contributed by atoms with Crippen LogP contribution in [0, 0.1) is 6.92 Å². The number of nitrogens with one attached hydrogen (secondary N) is 2. The lowest BCUT2D eigenvalue weighted by molar-refractivity contribution is -0.128. The zero-order valence-corrected chi connectivity index (χ0v) is 14.5. The Kier molecular flexibility index (Phi) is 4.65. The Labute approximate surface area is 146 Å². The zero-order valence-electron chi connectivity index (χ0n) is 14.5. The molecule has 0 radical (unpaired) electrons. The molecule has 2 amide bonds. The van der Waals surface area contributed by atoms with Gasteiger partial charge in [-0.25, -0.2) is 9.97 Å². The Morgan fingerprint density at radius 3 is 2.56 bits per heavy atom. The van der Waals surface area contributed by atoms with Crippen molar-refractivity contribution in [1.82, 2.24) is 20.2 Å². The summed E-state index contributed by atoms with van der Waals surface area (Å²) in [5.74, 6) is 1.05. The van der Waals surface area contributed by atoms with E-state index in [9.17, 15) is 9.59 Å². The van der Waals surface area contributed by atoms with Crippen molar-refractivity contribution in [2.45, 2.75) is 19.4 Å². The van der Waals surface area contributed by atoms with Gasteiger partial charge in [0.15, 0.2) is 5.82 Å². The molecule has 1 atom stereocenters. The molecule has 1 unspecified atom stereocenters. The summed E-state index contributed by atoms with van der Waals surface area (Å²) in [6.07, 6.45) is 0.642. The fourth-order valence-corrected chi connectivity index (χ4v) is 2.79. The van der Waals surface area contributed by atoms with E-state index in [1.807, 2.05) is 25.1 Å². The molecule has 0 aliphatic carbocycles. The molecule has 1 aliphatic heterocycles. The van der Waals surface area contributed by atoms with Crippen molar-refractivity contribution in [3.05, 3.63) is 41.6 Å². The number of likely N-dealkylation sites (tertiary alicyclic amines) is 1. The van der Waals surface area contributed by atoms with Gasteiger partial charge in [-0.2, -0.15) is 0 Å². The monoisotopic (exact) mass is 339 g/mol. The molecule has 2 heterocycles. The maximum Gasteiger partial charge on any atom is 0.251 e. The van der Waals surface area contributed by atoms with Crippen LogP contribution in [0.3, 0.4) is 0 Å². The summed E-state index contributed by atoms with van der Waals surface area (Å²) >= 11 is 0. The van der Waals surface area contributed by atoms with Gasteiger partial charge in [-0.05, 0) is 25.5 Å². The van der Waals surface area contributed by atoms with Gasteiger partial charge >= 0.3 is 0 Å². The standard InChI is InChI=1S/C18H21N5O2/c1-11-10-15(19-2)22-16(20-11)12-4-6-13(7-5-12)17(24)21-14-8-9-23(3)18(14)25/h4-7,10,14H,8-9H2,1-3H3,(H,21,24)(H,19,20,22). The minimum Gasteiger partial charge on any atom is -0.373 e. The Morgan fingerprint density at radius 2 is 1.96 bits per heavy atom. The van der Waals surface area contributed by atoms with Crippen molar-refractivity contribution in [2.24, 2.45) is 0 Å². The molecule has 130 valence electrons. The van der Waals surface area contributed by atoms with Crippen LogP contribution in [0.2, 0.25) is 0 Å². The largest absolute Gasteiger partial charge is 0.373 e. The molecule has 7 heteroatoms. The highest BCUT2D eigenvalue weighted by atomic mass is 16.2. The maximum atomic E-state index is 12.3. The third-order valence-corrected chi connectivity index (χ3v) is 4.25. The molecule has 2 aromatic rings. The smallest absolute Gasteiger partial charge is 0.251 e. The number of anilines is 1. The first-order valence-electron chi connectivity index (χ1n) is 8.17. The van der Waals surface area contributed by atoms with Crippen molar-refractivity contribution >= 4 is 17.6 Å². The lowest BCUT2D eigenvalue weighted by Crippen LogP contribution is -2.40. The molecule has 0 saturated carbocycles. The molecular weight excluding hydrogens is 318 g/mol. The molecule has 2 N–H and O–H groups in total. The SMILES string of the molecule is CNc1cc(C)nc(-c2ccc(C(=O)NC3CCN(C)C3=O)cc2)n1. The average Bonchev–Trinajstić information content (AvgIpc) is 2.93. The summed E-state index contributed by atoms with van der Waals surface area (Å²) in [4.78, 5) is 34.7. The number of hydrogen-bond acceptors (Lipinski definition) is 5. The number of rotatable bonds is 4. The molecule has 7 nitrogen and oxygen atoms in total. The van der Waals surface area contributed by atoms with Crippen molar-refractivity contribution in [3.63, 3.8) is 0 Å². The summed E-state index contributed by atoms with van der Waals surface area (Å²) in [7, 11) is 3.55. The molecule has 3 rings (SSSR count). The first-order chi connectivity index (χ1) is 12.0. The molecule has 1 saturated heterocycles. The van der Waals surface area contributed by atoms with Gasteiger partial charge < -0.3 is 15.5 Å². The fraction of sp³-hybridized carbons (Fsp3) is 0.333. The normalized spacial score (nSPS) is 16.8. The van der Waals surface area contributed by atoms with E-state index in [0.29, 0.717) is 24.4 Å². The van der Waals surface area contributed by atoms with Crippen LogP contribution in [0.1, 0.15) is 22.5 Å². The van der Waals surface area contributed by atoms with Crippen molar-refractivity contribution in [3.8, 4) is 11.4 Å². The van der Waals surface area contributed by atoms with Crippen LogP contribution >= 0.6 is 0 Å². The molecular formula is C18H21N5O2. The van der Waals surface area contributed by atoms with Crippen LogP contribution in [-0.2, 0) is 4.79 Å². The van der Waals surface area contributed by atoms with E-state index in [2.05, 4.69) is 20.6 Å². The molecule has 1 aliphatic rings. The predicted octanol–water partition coefficient (Wildman–Crippen LogP) is 1.45. The molecule has 1 fully saturated rings. The summed E-state index contributed by atoms with van der Waals surface area (Å²) in [6.45, 7) is 2.57. The van der Waals surface area contributed by atoms with Gasteiger partial charge in [0.25, 0.3) is 5.91 Å². The summed E-state index contributed by atoms with van der Waals surface area (Å²) in [5, 5.41) is 5.80. The van der Waals surface area contributed by atoms with E-state index in [1.54, 1.807) is 31.1 Å². The van der Waals surface area contributed by atoms with E-state index in [-0.39, 0.29) is 11.8 Å². The van der Waals surface area contributed by atoms with Crippen LogP contribution in [0.15, 0.2) is 30.3 Å². The Balaban J connectivity index is 1.75. The average molecular weight is 339 g/mol. The highest BCUT2D eigenvalue weighted by Crippen LogP contribution is 2.19. The van der Waals surface area contributed by atoms with Crippen molar-refractivity contribution < 1.29 is 9.59 Å². The second kappa shape index (κ2) is 6.88. The number of aryl methyl sites for hydroxylation is 1. The number of nitrogens with zero attached hydrogens (tertiary/aromatic N) is 3. The van der Waals surface area contributed by atoms with Crippen molar-refractivity contribution in [2.75, 3.05) is 26.0 Å². The number of aromatic nitrogens is 2.